The summed E-state index contributed by atoms with van der Waals surface area (Å²) in [5.74, 6) is 0. The van der Waals surface area contributed by atoms with Crippen LogP contribution in [-0.4, -0.2) is 17.9 Å². The Morgan fingerprint density at radius 2 is 2.20 bits per heavy atom. The molecule has 0 heterocycles. The summed E-state index contributed by atoms with van der Waals surface area (Å²) in [6, 6.07) is 0. The minimum atomic E-state index is 0.247. The predicted octanol–water partition coefficient (Wildman–Crippen LogP) is 1.75. The van der Waals surface area contributed by atoms with Gasteiger partial charge in [0.2, 0.25) is 0 Å². The van der Waals surface area contributed by atoms with E-state index in [0.29, 0.717) is 0 Å². The molecule has 10 heavy (non-hydrogen) atoms. The lowest BCUT2D eigenvalue weighted by atomic mass is 10.2. The summed E-state index contributed by atoms with van der Waals surface area (Å²) in [5.41, 5.74) is 1.05. The maximum atomic E-state index is 8.50. The molecule has 0 aromatic carbocycles. The van der Waals surface area contributed by atoms with Crippen molar-refractivity contribution in [2.75, 3.05) is 6.61 Å². The second-order valence-electron chi connectivity index (χ2n) is 1.99. The molecule has 0 atom stereocenters. The number of hydrogen-bond acceptors (Lipinski definition) is 2. The lowest BCUT2D eigenvalue weighted by Crippen LogP contribution is -1.84. The zero-order valence-electron chi connectivity index (χ0n) is 6.67. The summed E-state index contributed by atoms with van der Waals surface area (Å²) in [4.78, 5) is 4.11. The molecule has 0 aliphatic heterocycles. The van der Waals surface area contributed by atoms with Crippen LogP contribution in [0.4, 0.5) is 0 Å². The number of aliphatic hydroxyl groups excluding tert-OH is 1. The molecule has 0 rings (SSSR count). The van der Waals surface area contributed by atoms with E-state index in [1.807, 2.05) is 19.9 Å². The van der Waals surface area contributed by atoms with Gasteiger partial charge < -0.3 is 5.11 Å². The Morgan fingerprint density at radius 1 is 1.50 bits per heavy atom. The molecule has 0 saturated carbocycles. The summed E-state index contributed by atoms with van der Waals surface area (Å²) in [7, 11) is 0. The van der Waals surface area contributed by atoms with E-state index in [0.717, 1.165) is 18.5 Å². The minimum absolute atomic E-state index is 0.247. The second-order valence-corrected chi connectivity index (χ2v) is 1.99. The summed E-state index contributed by atoms with van der Waals surface area (Å²) < 4.78 is 0. The molecule has 0 radical (unpaired) electrons. The van der Waals surface area contributed by atoms with Crippen LogP contribution in [0.5, 0.6) is 0 Å². The Kier molecular flexibility index (Phi) is 6.08. The van der Waals surface area contributed by atoms with E-state index in [-0.39, 0.29) is 6.61 Å². The molecule has 0 spiro atoms. The molecule has 0 amide bonds. The van der Waals surface area contributed by atoms with Gasteiger partial charge in [-0.3, -0.25) is 4.99 Å². The van der Waals surface area contributed by atoms with E-state index in [4.69, 9.17) is 5.11 Å². The van der Waals surface area contributed by atoms with Crippen molar-refractivity contribution in [3.8, 4) is 0 Å². The van der Waals surface area contributed by atoms with E-state index < -0.39 is 0 Å². The van der Waals surface area contributed by atoms with Crippen molar-refractivity contribution in [1.82, 2.24) is 0 Å². The molecule has 1 N–H and O–H groups in total. The van der Waals surface area contributed by atoms with E-state index in [9.17, 15) is 0 Å². The Morgan fingerprint density at radius 3 is 2.60 bits per heavy atom. The van der Waals surface area contributed by atoms with E-state index in [1.165, 1.54) is 0 Å². The van der Waals surface area contributed by atoms with Crippen LogP contribution in [0.3, 0.4) is 0 Å². The average Bonchev–Trinajstić information content (AvgIpc) is 1.98. The molecule has 2 nitrogen and oxygen atoms in total. The van der Waals surface area contributed by atoms with Gasteiger partial charge in [0.1, 0.15) is 0 Å². The summed E-state index contributed by atoms with van der Waals surface area (Å²) in [6.45, 7) is 4.10. The number of rotatable bonds is 4. The number of nitrogens with zero attached hydrogens (tertiary/aromatic N) is 1. The molecule has 0 saturated heterocycles. The highest BCUT2D eigenvalue weighted by Crippen LogP contribution is 2.04. The average molecular weight is 141 g/mol. The van der Waals surface area contributed by atoms with Gasteiger partial charge in [-0.25, -0.2) is 0 Å². The highest BCUT2D eigenvalue weighted by atomic mass is 16.2. The number of aliphatic hydroxyl groups is 1. The van der Waals surface area contributed by atoms with E-state index in [2.05, 4.69) is 4.99 Å². The molecular weight excluding hydrogens is 126 g/mol. The monoisotopic (exact) mass is 141 g/mol. The summed E-state index contributed by atoms with van der Waals surface area (Å²) >= 11 is 0. The fourth-order valence-corrected chi connectivity index (χ4v) is 0.709. The van der Waals surface area contributed by atoms with Crippen molar-refractivity contribution < 1.29 is 5.11 Å². The first-order valence-electron chi connectivity index (χ1n) is 3.59. The van der Waals surface area contributed by atoms with Gasteiger partial charge in [0.25, 0.3) is 0 Å². The Hall–Kier alpha value is -0.630. The molecule has 0 aromatic heterocycles. The normalized spacial score (nSPS) is 12.9. The first-order chi connectivity index (χ1) is 4.85. The summed E-state index contributed by atoms with van der Waals surface area (Å²) in [5, 5.41) is 8.50. The standard InChI is InChI=1S/C8H15NO/c1-3-8(9-4-2)6-5-7-10/h3-4,10H,5-7H2,1-2H3/b8-3-,9-4?. The first kappa shape index (κ1) is 9.37. The Labute approximate surface area is 62.3 Å². The Balaban J connectivity index is 3.62. The number of hydrogen-bond donors (Lipinski definition) is 1. The van der Waals surface area contributed by atoms with Crippen molar-refractivity contribution in [3.05, 3.63) is 11.8 Å². The van der Waals surface area contributed by atoms with Crippen LogP contribution in [0.25, 0.3) is 0 Å². The zero-order chi connectivity index (χ0) is 7.82. The van der Waals surface area contributed by atoms with Crippen LogP contribution in [-0.2, 0) is 0 Å². The van der Waals surface area contributed by atoms with Gasteiger partial charge in [0.15, 0.2) is 0 Å². The predicted molar refractivity (Wildman–Crippen MR) is 44.2 cm³/mol. The smallest absolute Gasteiger partial charge is 0.0434 e. The maximum absolute atomic E-state index is 8.50. The topological polar surface area (TPSA) is 32.6 Å². The quantitative estimate of drug-likeness (QED) is 0.594. The van der Waals surface area contributed by atoms with Crippen LogP contribution >= 0.6 is 0 Å². The van der Waals surface area contributed by atoms with Crippen LogP contribution < -0.4 is 0 Å². The third-order valence-electron chi connectivity index (χ3n) is 1.22. The highest BCUT2D eigenvalue weighted by molar-refractivity contribution is 5.55. The van der Waals surface area contributed by atoms with Crippen LogP contribution in [0.2, 0.25) is 0 Å². The minimum Gasteiger partial charge on any atom is -0.396 e. The largest absolute Gasteiger partial charge is 0.396 e. The van der Waals surface area contributed by atoms with Crippen molar-refractivity contribution in [2.24, 2.45) is 4.99 Å². The van der Waals surface area contributed by atoms with Crippen molar-refractivity contribution in [3.63, 3.8) is 0 Å². The molecule has 58 valence electrons. The van der Waals surface area contributed by atoms with Gasteiger partial charge in [-0.15, -0.1) is 0 Å². The van der Waals surface area contributed by atoms with Gasteiger partial charge in [0, 0.05) is 18.5 Å². The fraction of sp³-hybridized carbons (Fsp3) is 0.625. The van der Waals surface area contributed by atoms with Gasteiger partial charge in [-0.05, 0) is 26.7 Å². The second kappa shape index (κ2) is 6.49. The molecule has 0 unspecified atom stereocenters. The summed E-state index contributed by atoms with van der Waals surface area (Å²) in [6.07, 6.45) is 5.41. The fourth-order valence-electron chi connectivity index (χ4n) is 0.709. The van der Waals surface area contributed by atoms with Gasteiger partial charge >= 0.3 is 0 Å². The lowest BCUT2D eigenvalue weighted by Gasteiger charge is -1.96. The molecule has 0 aliphatic rings. The van der Waals surface area contributed by atoms with E-state index >= 15 is 0 Å². The molecule has 0 aliphatic carbocycles. The number of aliphatic imine (C=N–C) groups is 1. The van der Waals surface area contributed by atoms with Crippen LogP contribution in [0, 0.1) is 0 Å². The van der Waals surface area contributed by atoms with Crippen molar-refractivity contribution in [2.45, 2.75) is 26.7 Å². The Bertz CT molecular complexity index is 127. The highest BCUT2D eigenvalue weighted by Gasteiger charge is 1.89. The van der Waals surface area contributed by atoms with Crippen LogP contribution in [0.15, 0.2) is 16.8 Å². The molecular formula is C8H15NO. The van der Waals surface area contributed by atoms with Gasteiger partial charge in [-0.1, -0.05) is 6.08 Å². The third-order valence-corrected chi connectivity index (χ3v) is 1.22. The molecule has 0 aromatic rings. The zero-order valence-corrected chi connectivity index (χ0v) is 6.67. The molecule has 2 heteroatoms. The van der Waals surface area contributed by atoms with Crippen molar-refractivity contribution in [1.29, 1.82) is 0 Å². The van der Waals surface area contributed by atoms with Crippen molar-refractivity contribution >= 4 is 6.21 Å². The van der Waals surface area contributed by atoms with Gasteiger partial charge in [-0.2, -0.15) is 0 Å². The number of allylic oxidation sites excluding steroid dienone is 2. The van der Waals surface area contributed by atoms with Crippen LogP contribution in [0.1, 0.15) is 26.7 Å². The third kappa shape index (κ3) is 4.27. The lowest BCUT2D eigenvalue weighted by molar-refractivity contribution is 0.288. The maximum Gasteiger partial charge on any atom is 0.0434 e. The SMILES string of the molecule is CC=N/C(=C\C)CCCO. The van der Waals surface area contributed by atoms with Gasteiger partial charge in [0.05, 0.1) is 0 Å². The first-order valence-corrected chi connectivity index (χ1v) is 3.59. The molecule has 0 fully saturated rings. The molecule has 0 bridgehead atoms. The van der Waals surface area contributed by atoms with E-state index in [1.54, 1.807) is 6.21 Å².